The number of carbonyl (C=O) groups excluding carboxylic acids is 1. The summed E-state index contributed by atoms with van der Waals surface area (Å²) in [5.41, 5.74) is -0.247. The normalized spacial score (nSPS) is 10.2. The number of anilines is 1. The Hall–Kier alpha value is -3.21. The van der Waals surface area contributed by atoms with Crippen molar-refractivity contribution in [3.63, 3.8) is 0 Å². The third-order valence-electron chi connectivity index (χ3n) is 3.26. The molecule has 3 aromatic carbocycles. The van der Waals surface area contributed by atoms with E-state index in [0.29, 0.717) is 17.2 Å². The van der Waals surface area contributed by atoms with Crippen molar-refractivity contribution in [2.24, 2.45) is 0 Å². The van der Waals surface area contributed by atoms with Gasteiger partial charge in [-0.1, -0.05) is 30.3 Å². The van der Waals surface area contributed by atoms with Crippen molar-refractivity contribution in [1.82, 2.24) is 0 Å². The summed E-state index contributed by atoms with van der Waals surface area (Å²) in [5.74, 6) is -1.55. The van der Waals surface area contributed by atoms with Crippen LogP contribution in [-0.2, 0) is 0 Å². The largest absolute Gasteiger partial charge is 0.457 e. The Morgan fingerprint density at radius 2 is 1.42 bits per heavy atom. The minimum absolute atomic E-state index is 0.371. The fourth-order valence-corrected chi connectivity index (χ4v) is 2.17. The lowest BCUT2D eigenvalue weighted by molar-refractivity contribution is 0.101. The van der Waals surface area contributed by atoms with Crippen molar-refractivity contribution in [1.29, 1.82) is 0 Å². The van der Waals surface area contributed by atoms with Crippen LogP contribution in [0.3, 0.4) is 0 Å². The lowest BCUT2D eigenvalue weighted by Crippen LogP contribution is -2.15. The molecule has 0 bridgehead atoms. The van der Waals surface area contributed by atoms with Gasteiger partial charge in [-0.05, 0) is 36.4 Å². The molecular weight excluding hydrogens is 312 g/mol. The summed E-state index contributed by atoms with van der Waals surface area (Å²) in [4.78, 5) is 12.1. The van der Waals surface area contributed by atoms with Gasteiger partial charge >= 0.3 is 0 Å². The van der Waals surface area contributed by atoms with Crippen LogP contribution in [0, 0.1) is 11.6 Å². The number of hydrogen-bond donors (Lipinski definition) is 1. The van der Waals surface area contributed by atoms with E-state index < -0.39 is 23.1 Å². The average molecular weight is 325 g/mol. The Morgan fingerprint density at radius 3 is 2.12 bits per heavy atom. The second-order valence-electron chi connectivity index (χ2n) is 4.99. The Morgan fingerprint density at radius 1 is 0.792 bits per heavy atom. The number of halogens is 2. The van der Waals surface area contributed by atoms with Crippen molar-refractivity contribution >= 4 is 11.6 Å². The first-order valence-electron chi connectivity index (χ1n) is 7.22. The second-order valence-corrected chi connectivity index (χ2v) is 4.99. The minimum Gasteiger partial charge on any atom is -0.457 e. The molecule has 3 aromatic rings. The monoisotopic (exact) mass is 325 g/mol. The SMILES string of the molecule is O=C(Nc1cccc(Oc2ccccc2)c1)c1c(F)cccc1F. The number of hydrogen-bond acceptors (Lipinski definition) is 2. The Balaban J connectivity index is 1.78. The number of ether oxygens (including phenoxy) is 1. The lowest BCUT2D eigenvalue weighted by atomic mass is 10.1. The van der Waals surface area contributed by atoms with Gasteiger partial charge in [0.2, 0.25) is 0 Å². The molecule has 5 heteroatoms. The Bertz CT molecular complexity index is 846. The molecule has 0 aromatic heterocycles. The number of nitrogens with one attached hydrogen (secondary N) is 1. The van der Waals surface area contributed by atoms with Gasteiger partial charge in [-0.25, -0.2) is 8.78 Å². The average Bonchev–Trinajstić information content (AvgIpc) is 2.56. The first-order valence-corrected chi connectivity index (χ1v) is 7.22. The summed E-state index contributed by atoms with van der Waals surface area (Å²) in [5, 5.41) is 2.47. The van der Waals surface area contributed by atoms with Gasteiger partial charge in [0, 0.05) is 11.8 Å². The van der Waals surface area contributed by atoms with Crippen LogP contribution in [0.15, 0.2) is 72.8 Å². The van der Waals surface area contributed by atoms with E-state index in [4.69, 9.17) is 4.74 Å². The topological polar surface area (TPSA) is 38.3 Å². The molecule has 0 aliphatic rings. The zero-order chi connectivity index (χ0) is 16.9. The first kappa shape index (κ1) is 15.7. The van der Waals surface area contributed by atoms with E-state index in [1.807, 2.05) is 18.2 Å². The van der Waals surface area contributed by atoms with E-state index in [9.17, 15) is 13.6 Å². The molecule has 0 aliphatic carbocycles. The van der Waals surface area contributed by atoms with Gasteiger partial charge in [0.25, 0.3) is 5.91 Å². The Kier molecular flexibility index (Phi) is 4.52. The minimum atomic E-state index is -0.913. The molecule has 3 nitrogen and oxygen atoms in total. The van der Waals surface area contributed by atoms with Crippen LogP contribution in [0.25, 0.3) is 0 Å². The molecule has 1 amide bonds. The highest BCUT2D eigenvalue weighted by atomic mass is 19.1. The summed E-state index contributed by atoms with van der Waals surface area (Å²) in [6, 6.07) is 19.0. The van der Waals surface area contributed by atoms with Gasteiger partial charge in [0.1, 0.15) is 28.7 Å². The summed E-state index contributed by atoms with van der Waals surface area (Å²) < 4.78 is 32.9. The predicted octanol–water partition coefficient (Wildman–Crippen LogP) is 5.01. The van der Waals surface area contributed by atoms with Gasteiger partial charge < -0.3 is 10.1 Å². The maximum atomic E-state index is 13.6. The van der Waals surface area contributed by atoms with Gasteiger partial charge in [-0.3, -0.25) is 4.79 Å². The summed E-state index contributed by atoms with van der Waals surface area (Å²) in [7, 11) is 0. The zero-order valence-electron chi connectivity index (χ0n) is 12.5. The quantitative estimate of drug-likeness (QED) is 0.732. The van der Waals surface area contributed by atoms with Crippen LogP contribution in [0.5, 0.6) is 11.5 Å². The molecule has 0 spiro atoms. The molecule has 0 saturated carbocycles. The standard InChI is InChI=1S/C19H13F2NO2/c20-16-10-5-11-17(21)18(16)19(23)22-13-6-4-9-15(12-13)24-14-7-2-1-3-8-14/h1-12H,(H,22,23). The fraction of sp³-hybridized carbons (Fsp3) is 0. The summed E-state index contributed by atoms with van der Waals surface area (Å²) >= 11 is 0. The van der Waals surface area contributed by atoms with E-state index in [0.717, 1.165) is 12.1 Å². The molecule has 120 valence electrons. The maximum absolute atomic E-state index is 13.6. The highest BCUT2D eigenvalue weighted by molar-refractivity contribution is 6.04. The molecule has 1 N–H and O–H groups in total. The molecule has 0 fully saturated rings. The molecule has 0 aliphatic heterocycles. The van der Waals surface area contributed by atoms with Crippen LogP contribution >= 0.6 is 0 Å². The van der Waals surface area contributed by atoms with E-state index >= 15 is 0 Å². The predicted molar refractivity (Wildman–Crippen MR) is 87.3 cm³/mol. The lowest BCUT2D eigenvalue weighted by Gasteiger charge is -2.10. The number of benzene rings is 3. The summed E-state index contributed by atoms with van der Waals surface area (Å²) in [6.07, 6.45) is 0. The second kappa shape index (κ2) is 6.91. The summed E-state index contributed by atoms with van der Waals surface area (Å²) in [6.45, 7) is 0. The molecular formula is C19H13F2NO2. The smallest absolute Gasteiger partial charge is 0.261 e. The van der Waals surface area contributed by atoms with Crippen LogP contribution in [0.1, 0.15) is 10.4 Å². The van der Waals surface area contributed by atoms with Gasteiger partial charge in [0.15, 0.2) is 0 Å². The van der Waals surface area contributed by atoms with Crippen LogP contribution in [0.4, 0.5) is 14.5 Å². The van der Waals surface area contributed by atoms with Crippen molar-refractivity contribution < 1.29 is 18.3 Å². The first-order chi connectivity index (χ1) is 11.6. The number of rotatable bonds is 4. The molecule has 24 heavy (non-hydrogen) atoms. The number of amides is 1. The maximum Gasteiger partial charge on any atom is 0.261 e. The number of para-hydroxylation sites is 1. The van der Waals surface area contributed by atoms with Gasteiger partial charge in [-0.2, -0.15) is 0 Å². The van der Waals surface area contributed by atoms with Crippen LogP contribution in [-0.4, -0.2) is 5.91 Å². The van der Waals surface area contributed by atoms with E-state index in [-0.39, 0.29) is 0 Å². The Labute approximate surface area is 137 Å². The fourth-order valence-electron chi connectivity index (χ4n) is 2.17. The van der Waals surface area contributed by atoms with Crippen molar-refractivity contribution in [2.75, 3.05) is 5.32 Å². The molecule has 0 radical (unpaired) electrons. The van der Waals surface area contributed by atoms with Crippen molar-refractivity contribution in [2.45, 2.75) is 0 Å². The molecule has 0 unspecified atom stereocenters. The molecule has 3 rings (SSSR count). The van der Waals surface area contributed by atoms with Crippen LogP contribution in [0.2, 0.25) is 0 Å². The van der Waals surface area contributed by atoms with Crippen LogP contribution < -0.4 is 10.1 Å². The van der Waals surface area contributed by atoms with E-state index in [1.165, 1.54) is 6.07 Å². The van der Waals surface area contributed by atoms with Crippen molar-refractivity contribution in [3.05, 3.63) is 90.0 Å². The molecule has 0 saturated heterocycles. The van der Waals surface area contributed by atoms with E-state index in [2.05, 4.69) is 5.32 Å². The highest BCUT2D eigenvalue weighted by Crippen LogP contribution is 2.24. The van der Waals surface area contributed by atoms with Crippen molar-refractivity contribution in [3.8, 4) is 11.5 Å². The molecule has 0 atom stereocenters. The van der Waals surface area contributed by atoms with Gasteiger partial charge in [0.05, 0.1) is 0 Å². The third-order valence-corrected chi connectivity index (χ3v) is 3.26. The molecule has 0 heterocycles. The van der Waals surface area contributed by atoms with E-state index in [1.54, 1.807) is 36.4 Å². The third kappa shape index (κ3) is 3.57. The van der Waals surface area contributed by atoms with Gasteiger partial charge in [-0.15, -0.1) is 0 Å². The highest BCUT2D eigenvalue weighted by Gasteiger charge is 2.17. The zero-order valence-corrected chi connectivity index (χ0v) is 12.5. The number of carbonyl (C=O) groups is 1.